The van der Waals surface area contributed by atoms with Gasteiger partial charge in [-0.3, -0.25) is 0 Å². The number of aromatic nitrogens is 2. The molecule has 12 heteroatoms. The minimum Gasteiger partial charge on any atom is -0.495 e. The molecule has 212 valence electrons. The molecule has 1 atom stereocenters. The van der Waals surface area contributed by atoms with Gasteiger partial charge < -0.3 is 20.1 Å². The highest BCUT2D eigenvalue weighted by Crippen LogP contribution is 2.35. The lowest BCUT2D eigenvalue weighted by molar-refractivity contribution is 0.128. The molecular formula is C28H33F2N6O3P. The van der Waals surface area contributed by atoms with Crippen molar-refractivity contribution in [1.29, 1.82) is 0 Å². The summed E-state index contributed by atoms with van der Waals surface area (Å²) >= 11 is 0. The topological polar surface area (TPSA) is 115 Å². The highest BCUT2D eigenvalue weighted by Gasteiger charge is 2.18. The molecule has 3 aromatic carbocycles. The van der Waals surface area contributed by atoms with Gasteiger partial charge in [0.05, 0.1) is 12.8 Å². The molecule has 1 heterocycles. The van der Waals surface area contributed by atoms with Crippen molar-refractivity contribution in [1.82, 2.24) is 9.97 Å². The van der Waals surface area contributed by atoms with E-state index < -0.39 is 11.7 Å². The molecule has 0 radical (unpaired) electrons. The summed E-state index contributed by atoms with van der Waals surface area (Å²) < 4.78 is 33.5. The van der Waals surface area contributed by atoms with Crippen molar-refractivity contribution in [2.75, 3.05) is 29.3 Å². The summed E-state index contributed by atoms with van der Waals surface area (Å²) in [6.45, 7) is 7.30. The van der Waals surface area contributed by atoms with Crippen molar-refractivity contribution < 1.29 is 23.0 Å². The number of aryl methyl sites for hydroxylation is 2. The fraction of sp³-hybridized carbons (Fsp3) is 0.250. The van der Waals surface area contributed by atoms with Gasteiger partial charge in [0.25, 0.3) is 5.66 Å². The Morgan fingerprint density at radius 2 is 1.70 bits per heavy atom. The number of hydrazine groups is 1. The Hall–Kier alpha value is -4.08. The van der Waals surface area contributed by atoms with Crippen molar-refractivity contribution in [3.05, 3.63) is 71.9 Å². The van der Waals surface area contributed by atoms with Gasteiger partial charge in [0, 0.05) is 36.0 Å². The Bertz CT molecular complexity index is 1480. The van der Waals surface area contributed by atoms with Crippen LogP contribution in [0.3, 0.4) is 0 Å². The zero-order chi connectivity index (χ0) is 29.4. The van der Waals surface area contributed by atoms with Gasteiger partial charge in [-0.25, -0.2) is 29.4 Å². The van der Waals surface area contributed by atoms with E-state index in [9.17, 15) is 13.6 Å². The lowest BCUT2D eigenvalue weighted by atomic mass is 10.1. The summed E-state index contributed by atoms with van der Waals surface area (Å²) in [5, 5.41) is 8.64. The summed E-state index contributed by atoms with van der Waals surface area (Å²) in [5.41, 5.74) is 0.208. The molecule has 0 aliphatic rings. The largest absolute Gasteiger partial charge is 0.495 e. The number of urea groups is 1. The number of nitrogens with one attached hydrogen (secondary N) is 2. The quantitative estimate of drug-likeness (QED) is 0.0962. The van der Waals surface area contributed by atoms with E-state index >= 15 is 0 Å². The van der Waals surface area contributed by atoms with Gasteiger partial charge in [-0.1, -0.05) is 39.6 Å². The van der Waals surface area contributed by atoms with E-state index in [2.05, 4.69) is 20.6 Å². The van der Waals surface area contributed by atoms with Crippen molar-refractivity contribution in [2.24, 2.45) is 5.84 Å². The van der Waals surface area contributed by atoms with Gasteiger partial charge in [0.15, 0.2) is 0 Å². The molecule has 1 unspecified atom stereocenters. The standard InChI is InChI=1S/C26H28N6O3.C2H5F2P/c1-5-28-25-29-17(3)15-24(31-25)35-22-13-11-20(18-8-6-7-9-19(18)22)30-26(33)32(27)21-14-16(2)10-12-23(21)34-4;1-2(3,4)5/h6-15H,5,27H2,1-4H3,(H,30,33)(H,28,29,31);5H2,1H3. The number of amides is 2. The van der Waals surface area contributed by atoms with E-state index in [1.54, 1.807) is 30.3 Å². The fourth-order valence-electron chi connectivity index (χ4n) is 3.68. The zero-order valence-electron chi connectivity index (χ0n) is 23.0. The molecule has 1 aromatic heterocycles. The van der Waals surface area contributed by atoms with Crippen LogP contribution < -0.4 is 31.0 Å². The fourth-order valence-corrected chi connectivity index (χ4v) is 3.68. The number of nitrogens with two attached hydrogens (primary N) is 1. The van der Waals surface area contributed by atoms with E-state index in [-0.39, 0.29) is 0 Å². The molecule has 4 aromatic rings. The van der Waals surface area contributed by atoms with E-state index in [4.69, 9.17) is 15.3 Å². The first kappa shape index (κ1) is 30.5. The second-order valence-electron chi connectivity index (χ2n) is 8.89. The van der Waals surface area contributed by atoms with Crippen LogP contribution in [0.2, 0.25) is 0 Å². The van der Waals surface area contributed by atoms with Crippen LogP contribution >= 0.6 is 9.24 Å². The smallest absolute Gasteiger partial charge is 0.340 e. The van der Waals surface area contributed by atoms with Gasteiger partial charge in [0.2, 0.25) is 11.8 Å². The van der Waals surface area contributed by atoms with Crippen molar-refractivity contribution in [2.45, 2.75) is 33.4 Å². The lowest BCUT2D eigenvalue weighted by Crippen LogP contribution is -2.41. The number of halogens is 2. The maximum atomic E-state index is 13.0. The van der Waals surface area contributed by atoms with Crippen LogP contribution in [0.15, 0.2) is 60.7 Å². The highest BCUT2D eigenvalue weighted by molar-refractivity contribution is 7.18. The van der Waals surface area contributed by atoms with E-state index in [0.29, 0.717) is 41.2 Å². The number of carbonyl (C=O) groups excluding carboxylic acids is 1. The Morgan fingerprint density at radius 3 is 2.35 bits per heavy atom. The number of alkyl halides is 2. The minimum atomic E-state index is -2.58. The summed E-state index contributed by atoms with van der Waals surface area (Å²) in [7, 11) is 2.92. The molecule has 0 saturated carbocycles. The normalized spacial score (nSPS) is 10.8. The van der Waals surface area contributed by atoms with Crippen LogP contribution in [0.25, 0.3) is 10.8 Å². The molecule has 0 fully saturated rings. The van der Waals surface area contributed by atoms with Crippen molar-refractivity contribution in [3.63, 3.8) is 0 Å². The Morgan fingerprint density at radius 1 is 1.05 bits per heavy atom. The number of hydrogen-bond donors (Lipinski definition) is 3. The van der Waals surface area contributed by atoms with E-state index in [1.165, 1.54) is 16.3 Å². The zero-order valence-corrected chi connectivity index (χ0v) is 24.1. The minimum absolute atomic E-state index is 0.426. The number of rotatable bonds is 7. The lowest BCUT2D eigenvalue weighted by Gasteiger charge is -2.21. The molecule has 0 bridgehead atoms. The third kappa shape index (κ3) is 8.46. The predicted octanol–water partition coefficient (Wildman–Crippen LogP) is 6.87. The van der Waals surface area contributed by atoms with Gasteiger partial charge in [0.1, 0.15) is 17.2 Å². The van der Waals surface area contributed by atoms with Crippen LogP contribution in [0.4, 0.5) is 30.9 Å². The maximum Gasteiger partial charge on any atom is 0.340 e. The molecule has 0 aliphatic heterocycles. The van der Waals surface area contributed by atoms with Gasteiger partial charge >= 0.3 is 6.03 Å². The number of benzene rings is 3. The molecule has 0 saturated heterocycles. The molecule has 0 aliphatic carbocycles. The van der Waals surface area contributed by atoms with Crippen LogP contribution in [0.1, 0.15) is 25.1 Å². The average molecular weight is 571 g/mol. The Kier molecular flexibility index (Phi) is 10.1. The van der Waals surface area contributed by atoms with Crippen molar-refractivity contribution in [3.8, 4) is 17.4 Å². The SMILES string of the molecule is CC(F)(F)P.CCNc1nc(C)cc(Oc2ccc(NC(=O)N(N)c3cc(C)ccc3OC)c3ccccc23)n1. The van der Waals surface area contributed by atoms with Crippen LogP contribution in [0.5, 0.6) is 17.4 Å². The number of nitrogens with zero attached hydrogens (tertiary/aromatic N) is 3. The summed E-state index contributed by atoms with van der Waals surface area (Å²) in [4.78, 5) is 21.8. The molecule has 4 N–H and O–H groups in total. The third-order valence-corrected chi connectivity index (χ3v) is 5.32. The molecule has 2 amide bonds. The number of hydrogen-bond acceptors (Lipinski definition) is 7. The monoisotopic (exact) mass is 570 g/mol. The number of methoxy groups -OCH3 is 1. The molecular weight excluding hydrogens is 537 g/mol. The summed E-state index contributed by atoms with van der Waals surface area (Å²) in [6, 6.07) is 17.9. The van der Waals surface area contributed by atoms with Crippen LogP contribution in [0, 0.1) is 13.8 Å². The summed E-state index contributed by atoms with van der Waals surface area (Å²) in [6.07, 6.45) is 0. The van der Waals surface area contributed by atoms with Gasteiger partial charge in [-0.2, -0.15) is 4.98 Å². The molecule has 40 heavy (non-hydrogen) atoms. The summed E-state index contributed by atoms with van der Waals surface area (Å²) in [5.74, 6) is 8.19. The highest BCUT2D eigenvalue weighted by atomic mass is 31.0. The van der Waals surface area contributed by atoms with Crippen molar-refractivity contribution >= 4 is 43.4 Å². The van der Waals surface area contributed by atoms with Gasteiger partial charge in [-0.05, 0) is 50.6 Å². The van der Waals surface area contributed by atoms with Crippen LogP contribution in [-0.2, 0) is 0 Å². The number of fused-ring (bicyclic) bond motifs is 1. The maximum absolute atomic E-state index is 13.0. The molecule has 4 rings (SSSR count). The number of carbonyl (C=O) groups is 1. The second-order valence-corrected chi connectivity index (χ2v) is 9.91. The molecule has 9 nitrogen and oxygen atoms in total. The Labute approximate surface area is 234 Å². The Balaban J connectivity index is 0.000000810. The number of ether oxygens (including phenoxy) is 2. The first-order valence-corrected chi connectivity index (χ1v) is 12.9. The second kappa shape index (κ2) is 13.3. The third-order valence-electron chi connectivity index (χ3n) is 5.32. The van der Waals surface area contributed by atoms with Crippen LogP contribution in [-0.4, -0.2) is 35.3 Å². The predicted molar refractivity (Wildman–Crippen MR) is 159 cm³/mol. The van der Waals surface area contributed by atoms with E-state index in [0.717, 1.165) is 34.0 Å². The van der Waals surface area contributed by atoms with E-state index in [1.807, 2.05) is 51.1 Å². The van der Waals surface area contributed by atoms with Gasteiger partial charge in [-0.15, -0.1) is 0 Å². The first-order chi connectivity index (χ1) is 18.9. The first-order valence-electron chi connectivity index (χ1n) is 12.4. The number of anilines is 3. The average Bonchev–Trinajstić information content (AvgIpc) is 2.88. The molecule has 0 spiro atoms.